The number of rotatable bonds is 2. The Morgan fingerprint density at radius 3 is 2.31 bits per heavy atom. The summed E-state index contributed by atoms with van der Waals surface area (Å²) in [6.45, 7) is 1.48. The summed E-state index contributed by atoms with van der Waals surface area (Å²) >= 11 is 5.81. The number of benzene rings is 1. The maximum atomic E-state index is 5.81. The van der Waals surface area contributed by atoms with Crippen molar-refractivity contribution in [3.05, 3.63) is 34.9 Å². The highest BCUT2D eigenvalue weighted by Gasteiger charge is 2.38. The Bertz CT molecular complexity index is 287. The predicted octanol–water partition coefficient (Wildman–Crippen LogP) is 1.78. The molecule has 0 radical (unpaired) electrons. The van der Waals surface area contributed by atoms with Gasteiger partial charge in [-0.15, -0.1) is 0 Å². The minimum atomic E-state index is 0.0184. The van der Waals surface area contributed by atoms with Gasteiger partial charge in [-0.25, -0.2) is 0 Å². The van der Waals surface area contributed by atoms with Crippen LogP contribution in [0.4, 0.5) is 0 Å². The molecule has 1 aromatic rings. The highest BCUT2D eigenvalue weighted by Crippen LogP contribution is 2.29. The van der Waals surface area contributed by atoms with E-state index in [2.05, 4.69) is 5.32 Å². The molecule has 2 rings (SSSR count). The Kier molecular flexibility index (Phi) is 2.28. The fraction of sp³-hybridized carbons (Fsp3) is 0.400. The first-order valence-corrected chi connectivity index (χ1v) is 4.67. The van der Waals surface area contributed by atoms with E-state index >= 15 is 0 Å². The second-order valence-electron chi connectivity index (χ2n) is 3.33. The third-order valence-corrected chi connectivity index (χ3v) is 2.82. The topological polar surface area (TPSA) is 21.3 Å². The monoisotopic (exact) mass is 197 g/mol. The molecule has 1 saturated heterocycles. The molecule has 0 bridgehead atoms. The van der Waals surface area contributed by atoms with E-state index in [1.807, 2.05) is 31.3 Å². The van der Waals surface area contributed by atoms with Gasteiger partial charge in [-0.2, -0.15) is 0 Å². The summed E-state index contributed by atoms with van der Waals surface area (Å²) in [4.78, 5) is 0. The van der Waals surface area contributed by atoms with Crippen LogP contribution in [-0.4, -0.2) is 20.3 Å². The molecule has 0 aromatic heterocycles. The zero-order chi connectivity index (χ0) is 9.31. The Morgan fingerprint density at radius 2 is 1.92 bits per heavy atom. The largest absolute Gasteiger partial charge is 0.377 e. The molecule has 70 valence electrons. The molecule has 2 nitrogen and oxygen atoms in total. The Balaban J connectivity index is 2.28. The van der Waals surface area contributed by atoms with E-state index in [0.29, 0.717) is 0 Å². The maximum absolute atomic E-state index is 5.81. The van der Waals surface area contributed by atoms with Crippen LogP contribution in [0.25, 0.3) is 0 Å². The molecule has 1 aliphatic heterocycles. The molecular weight excluding hydrogens is 186 g/mol. The molecule has 0 aliphatic carbocycles. The van der Waals surface area contributed by atoms with Crippen LogP contribution < -0.4 is 5.32 Å². The number of halogens is 1. The van der Waals surface area contributed by atoms with Gasteiger partial charge in [0.15, 0.2) is 0 Å². The molecule has 0 spiro atoms. The van der Waals surface area contributed by atoms with Gasteiger partial charge in [-0.05, 0) is 24.7 Å². The van der Waals surface area contributed by atoms with E-state index in [0.717, 1.165) is 18.2 Å². The van der Waals surface area contributed by atoms with Gasteiger partial charge in [0.05, 0.1) is 18.8 Å². The SMILES string of the molecule is CNC1(c2ccc(Cl)cc2)COC1. The van der Waals surface area contributed by atoms with E-state index in [1.165, 1.54) is 5.56 Å². The fourth-order valence-electron chi connectivity index (χ4n) is 1.53. The first-order valence-electron chi connectivity index (χ1n) is 4.29. The molecule has 3 heteroatoms. The lowest BCUT2D eigenvalue weighted by Gasteiger charge is -2.41. The summed E-state index contributed by atoms with van der Waals surface area (Å²) in [7, 11) is 1.96. The molecule has 0 atom stereocenters. The van der Waals surface area contributed by atoms with Crippen LogP contribution in [0.15, 0.2) is 24.3 Å². The van der Waals surface area contributed by atoms with Crippen LogP contribution in [0.5, 0.6) is 0 Å². The Hall–Kier alpha value is -0.570. The zero-order valence-electron chi connectivity index (χ0n) is 7.51. The summed E-state index contributed by atoms with van der Waals surface area (Å²) in [5.41, 5.74) is 1.26. The quantitative estimate of drug-likeness (QED) is 0.781. The van der Waals surface area contributed by atoms with Crippen LogP contribution in [0.2, 0.25) is 5.02 Å². The van der Waals surface area contributed by atoms with Gasteiger partial charge in [0.1, 0.15) is 0 Å². The highest BCUT2D eigenvalue weighted by atomic mass is 35.5. The van der Waals surface area contributed by atoms with E-state index < -0.39 is 0 Å². The van der Waals surface area contributed by atoms with Crippen molar-refractivity contribution in [3.8, 4) is 0 Å². The third kappa shape index (κ3) is 1.46. The first kappa shape index (κ1) is 9.00. The second-order valence-corrected chi connectivity index (χ2v) is 3.77. The minimum absolute atomic E-state index is 0.0184. The molecule has 1 heterocycles. The average molecular weight is 198 g/mol. The second kappa shape index (κ2) is 3.29. The predicted molar refractivity (Wildman–Crippen MR) is 53.0 cm³/mol. The van der Waals surface area contributed by atoms with Gasteiger partial charge in [0.2, 0.25) is 0 Å². The molecule has 13 heavy (non-hydrogen) atoms. The summed E-state index contributed by atoms with van der Waals surface area (Å²) in [6.07, 6.45) is 0. The lowest BCUT2D eigenvalue weighted by molar-refractivity contribution is -0.0747. The van der Waals surface area contributed by atoms with E-state index in [9.17, 15) is 0 Å². The van der Waals surface area contributed by atoms with E-state index in [4.69, 9.17) is 16.3 Å². The lowest BCUT2D eigenvalue weighted by atomic mass is 9.88. The molecule has 0 unspecified atom stereocenters. The van der Waals surface area contributed by atoms with Crippen molar-refractivity contribution in [3.63, 3.8) is 0 Å². The smallest absolute Gasteiger partial charge is 0.0906 e. The van der Waals surface area contributed by atoms with E-state index in [1.54, 1.807) is 0 Å². The molecular formula is C10H12ClNO. The molecule has 1 aliphatic rings. The van der Waals surface area contributed by atoms with Gasteiger partial charge in [-0.3, -0.25) is 0 Å². The average Bonchev–Trinajstić information content (AvgIpc) is 2.07. The van der Waals surface area contributed by atoms with Crippen molar-refractivity contribution in [2.45, 2.75) is 5.54 Å². The number of hydrogen-bond acceptors (Lipinski definition) is 2. The zero-order valence-corrected chi connectivity index (χ0v) is 8.27. The fourth-order valence-corrected chi connectivity index (χ4v) is 1.66. The maximum Gasteiger partial charge on any atom is 0.0906 e. The van der Waals surface area contributed by atoms with Crippen molar-refractivity contribution in [1.29, 1.82) is 0 Å². The highest BCUT2D eigenvalue weighted by molar-refractivity contribution is 6.30. The molecule has 0 amide bonds. The van der Waals surface area contributed by atoms with Crippen molar-refractivity contribution in [1.82, 2.24) is 5.32 Å². The van der Waals surface area contributed by atoms with Crippen LogP contribution in [0.3, 0.4) is 0 Å². The van der Waals surface area contributed by atoms with Crippen LogP contribution >= 0.6 is 11.6 Å². The van der Waals surface area contributed by atoms with Crippen LogP contribution in [0.1, 0.15) is 5.56 Å². The summed E-state index contributed by atoms with van der Waals surface area (Å²) in [5.74, 6) is 0. The normalized spacial score (nSPS) is 19.5. The Labute approximate surface area is 82.9 Å². The van der Waals surface area contributed by atoms with Crippen molar-refractivity contribution in [2.24, 2.45) is 0 Å². The van der Waals surface area contributed by atoms with Gasteiger partial charge >= 0.3 is 0 Å². The molecule has 0 saturated carbocycles. The molecule has 1 fully saturated rings. The van der Waals surface area contributed by atoms with Crippen molar-refractivity contribution < 1.29 is 4.74 Å². The van der Waals surface area contributed by atoms with Crippen molar-refractivity contribution >= 4 is 11.6 Å². The third-order valence-electron chi connectivity index (χ3n) is 2.57. The number of ether oxygens (including phenoxy) is 1. The minimum Gasteiger partial charge on any atom is -0.377 e. The standard InChI is InChI=1S/C10H12ClNO/c1-12-10(6-13-7-10)8-2-4-9(11)5-3-8/h2-5,12H,6-7H2,1H3. The van der Waals surface area contributed by atoms with Crippen LogP contribution in [-0.2, 0) is 10.3 Å². The first-order chi connectivity index (χ1) is 6.27. The summed E-state index contributed by atoms with van der Waals surface area (Å²) < 4.78 is 5.22. The number of nitrogens with one attached hydrogen (secondary N) is 1. The Morgan fingerprint density at radius 1 is 1.31 bits per heavy atom. The van der Waals surface area contributed by atoms with Gasteiger partial charge in [0, 0.05) is 5.02 Å². The molecule has 1 aromatic carbocycles. The van der Waals surface area contributed by atoms with Gasteiger partial charge in [-0.1, -0.05) is 23.7 Å². The van der Waals surface area contributed by atoms with Gasteiger partial charge in [0.25, 0.3) is 0 Å². The summed E-state index contributed by atoms with van der Waals surface area (Å²) in [5, 5.41) is 4.06. The number of hydrogen-bond donors (Lipinski definition) is 1. The van der Waals surface area contributed by atoms with Gasteiger partial charge < -0.3 is 10.1 Å². The lowest BCUT2D eigenvalue weighted by Crippen LogP contribution is -2.56. The van der Waals surface area contributed by atoms with Crippen LogP contribution in [0, 0.1) is 0 Å². The van der Waals surface area contributed by atoms with E-state index in [-0.39, 0.29) is 5.54 Å². The number of likely N-dealkylation sites (N-methyl/N-ethyl adjacent to an activating group) is 1. The molecule has 1 N–H and O–H groups in total. The summed E-state index contributed by atoms with van der Waals surface area (Å²) in [6, 6.07) is 7.91. The van der Waals surface area contributed by atoms with Crippen molar-refractivity contribution in [2.75, 3.05) is 20.3 Å².